The Hall–Kier alpha value is -0.870. The molecule has 2 aromatic rings. The lowest BCUT2D eigenvalue weighted by Crippen LogP contribution is -2.17. The molecule has 3 nitrogen and oxygen atoms in total. The quantitative estimate of drug-likeness (QED) is 0.863. The van der Waals surface area contributed by atoms with E-state index in [2.05, 4.69) is 32.2 Å². The third-order valence-electron chi connectivity index (χ3n) is 2.14. The number of aromatic nitrogens is 2. The minimum absolute atomic E-state index is 0.163. The van der Waals surface area contributed by atoms with Crippen LogP contribution in [0, 0.1) is 0 Å². The third-order valence-corrected chi connectivity index (χ3v) is 2.60. The van der Waals surface area contributed by atoms with Gasteiger partial charge in [0.25, 0.3) is 0 Å². The molecule has 0 spiro atoms. The van der Waals surface area contributed by atoms with Gasteiger partial charge in [-0.1, -0.05) is 15.9 Å². The second kappa shape index (κ2) is 3.71. The number of aromatic amines is 1. The molecule has 1 heterocycles. The summed E-state index contributed by atoms with van der Waals surface area (Å²) in [6.07, 6.45) is 2.68. The molecule has 0 amide bonds. The van der Waals surface area contributed by atoms with Crippen LogP contribution >= 0.6 is 15.9 Å². The Kier molecular flexibility index (Phi) is 2.56. The largest absolute Gasteiger partial charge is 0.328 e. The Balaban J connectivity index is 2.55. The Labute approximate surface area is 90.8 Å². The number of hydrogen-bond donors (Lipinski definition) is 2. The van der Waals surface area contributed by atoms with E-state index in [4.69, 9.17) is 5.73 Å². The number of rotatable bonds is 2. The third kappa shape index (κ3) is 1.81. The van der Waals surface area contributed by atoms with E-state index < -0.39 is 0 Å². The van der Waals surface area contributed by atoms with Gasteiger partial charge in [-0.25, -0.2) is 0 Å². The van der Waals surface area contributed by atoms with Crippen LogP contribution in [0.5, 0.6) is 0 Å². The van der Waals surface area contributed by atoms with Crippen molar-refractivity contribution in [2.75, 3.05) is 0 Å². The van der Waals surface area contributed by atoms with Gasteiger partial charge in [-0.3, -0.25) is 5.10 Å². The summed E-state index contributed by atoms with van der Waals surface area (Å²) in [4.78, 5) is 0. The summed E-state index contributed by atoms with van der Waals surface area (Å²) in [5.74, 6) is 0. The molecule has 3 N–H and O–H groups in total. The number of nitrogens with two attached hydrogens (primary N) is 1. The average Bonchev–Trinajstić information content (AvgIpc) is 2.50. The van der Waals surface area contributed by atoms with Gasteiger partial charge in [-0.15, -0.1) is 0 Å². The highest BCUT2D eigenvalue weighted by Crippen LogP contribution is 2.23. The SMILES string of the molecule is CC(N)Cc1cc(Br)cc2cn[nH]c12. The molecule has 1 atom stereocenters. The molecule has 0 aliphatic rings. The van der Waals surface area contributed by atoms with Crippen LogP contribution in [0.3, 0.4) is 0 Å². The van der Waals surface area contributed by atoms with Crippen LogP contribution in [0.4, 0.5) is 0 Å². The van der Waals surface area contributed by atoms with Crippen molar-refractivity contribution in [2.45, 2.75) is 19.4 Å². The maximum atomic E-state index is 5.78. The van der Waals surface area contributed by atoms with Crippen molar-refractivity contribution in [3.8, 4) is 0 Å². The molecular formula is C10H12BrN3. The van der Waals surface area contributed by atoms with Gasteiger partial charge >= 0.3 is 0 Å². The predicted octanol–water partition coefficient (Wildman–Crippen LogP) is 2.22. The number of fused-ring (bicyclic) bond motifs is 1. The highest BCUT2D eigenvalue weighted by molar-refractivity contribution is 9.10. The molecule has 1 unspecified atom stereocenters. The molecule has 0 fully saturated rings. The molecule has 1 aromatic carbocycles. The predicted molar refractivity (Wildman–Crippen MR) is 61.1 cm³/mol. The Morgan fingerprint density at radius 3 is 3.07 bits per heavy atom. The van der Waals surface area contributed by atoms with E-state index in [1.165, 1.54) is 5.56 Å². The lowest BCUT2D eigenvalue weighted by Gasteiger charge is -2.06. The molecule has 4 heteroatoms. The summed E-state index contributed by atoms with van der Waals surface area (Å²) in [6.45, 7) is 2.00. The standard InChI is InChI=1S/C10H12BrN3/c1-6(12)2-7-3-9(11)4-8-5-13-14-10(7)8/h3-6H,2,12H2,1H3,(H,13,14). The summed E-state index contributed by atoms with van der Waals surface area (Å²) >= 11 is 3.48. The summed E-state index contributed by atoms with van der Waals surface area (Å²) in [7, 11) is 0. The first kappa shape index (κ1) is 9.68. The van der Waals surface area contributed by atoms with Gasteiger partial charge < -0.3 is 5.73 Å². The van der Waals surface area contributed by atoms with E-state index in [1.54, 1.807) is 0 Å². The summed E-state index contributed by atoms with van der Waals surface area (Å²) < 4.78 is 1.07. The summed E-state index contributed by atoms with van der Waals surface area (Å²) in [5.41, 5.74) is 8.08. The van der Waals surface area contributed by atoms with Crippen LogP contribution < -0.4 is 5.73 Å². The van der Waals surface area contributed by atoms with Gasteiger partial charge in [0.1, 0.15) is 0 Å². The fourth-order valence-electron chi connectivity index (χ4n) is 1.60. The van der Waals surface area contributed by atoms with Crippen molar-refractivity contribution in [1.82, 2.24) is 10.2 Å². The van der Waals surface area contributed by atoms with Gasteiger partial charge in [0, 0.05) is 15.9 Å². The van der Waals surface area contributed by atoms with Gasteiger partial charge in [0.2, 0.25) is 0 Å². The monoisotopic (exact) mass is 253 g/mol. The van der Waals surface area contributed by atoms with Gasteiger partial charge in [0.05, 0.1) is 11.7 Å². The molecule has 14 heavy (non-hydrogen) atoms. The fourth-order valence-corrected chi connectivity index (χ4v) is 2.12. The van der Waals surface area contributed by atoms with Crippen LogP contribution in [0.1, 0.15) is 12.5 Å². The van der Waals surface area contributed by atoms with Crippen LogP contribution in [-0.2, 0) is 6.42 Å². The maximum Gasteiger partial charge on any atom is 0.0683 e. The first-order chi connectivity index (χ1) is 6.66. The smallest absolute Gasteiger partial charge is 0.0683 e. The minimum atomic E-state index is 0.163. The molecule has 0 saturated carbocycles. The molecule has 1 aromatic heterocycles. The number of nitrogens with one attached hydrogen (secondary N) is 1. The van der Waals surface area contributed by atoms with Gasteiger partial charge in [-0.2, -0.15) is 5.10 Å². The second-order valence-corrected chi connectivity index (χ2v) is 4.50. The molecule has 0 aliphatic heterocycles. The lowest BCUT2D eigenvalue weighted by molar-refractivity contribution is 0.740. The zero-order valence-corrected chi connectivity index (χ0v) is 9.51. The molecule has 0 bridgehead atoms. The summed E-state index contributed by atoms with van der Waals surface area (Å²) in [6, 6.07) is 4.30. The Bertz CT molecular complexity index is 448. The number of nitrogens with zero attached hydrogens (tertiary/aromatic N) is 1. The zero-order valence-electron chi connectivity index (χ0n) is 7.92. The van der Waals surface area contributed by atoms with Crippen molar-refractivity contribution >= 4 is 26.8 Å². The maximum absolute atomic E-state index is 5.78. The van der Waals surface area contributed by atoms with Crippen molar-refractivity contribution in [1.29, 1.82) is 0 Å². The molecule has 2 rings (SSSR count). The number of benzene rings is 1. The van der Waals surface area contributed by atoms with E-state index in [9.17, 15) is 0 Å². The molecule has 0 aliphatic carbocycles. The Morgan fingerprint density at radius 1 is 1.57 bits per heavy atom. The highest BCUT2D eigenvalue weighted by atomic mass is 79.9. The van der Waals surface area contributed by atoms with Crippen LogP contribution in [0.15, 0.2) is 22.8 Å². The number of hydrogen-bond acceptors (Lipinski definition) is 2. The van der Waals surface area contributed by atoms with Gasteiger partial charge in [-0.05, 0) is 31.0 Å². The fraction of sp³-hybridized carbons (Fsp3) is 0.300. The van der Waals surface area contributed by atoms with Crippen molar-refractivity contribution < 1.29 is 0 Å². The number of H-pyrrole nitrogens is 1. The van der Waals surface area contributed by atoms with Gasteiger partial charge in [0.15, 0.2) is 0 Å². The topological polar surface area (TPSA) is 54.7 Å². The highest BCUT2D eigenvalue weighted by Gasteiger charge is 2.06. The van der Waals surface area contributed by atoms with Crippen molar-refractivity contribution in [3.63, 3.8) is 0 Å². The van der Waals surface area contributed by atoms with Crippen LogP contribution in [0.2, 0.25) is 0 Å². The first-order valence-corrected chi connectivity index (χ1v) is 5.33. The average molecular weight is 254 g/mol. The van der Waals surface area contributed by atoms with Crippen LogP contribution in [0.25, 0.3) is 10.9 Å². The first-order valence-electron chi connectivity index (χ1n) is 4.54. The van der Waals surface area contributed by atoms with Crippen LogP contribution in [-0.4, -0.2) is 16.2 Å². The van der Waals surface area contributed by atoms with E-state index >= 15 is 0 Å². The normalized spacial score (nSPS) is 13.4. The van der Waals surface area contributed by atoms with Crippen molar-refractivity contribution in [2.24, 2.45) is 5.73 Å². The molecule has 0 saturated heterocycles. The summed E-state index contributed by atoms with van der Waals surface area (Å²) in [5, 5.41) is 8.14. The van der Waals surface area contributed by atoms with E-state index in [0.717, 1.165) is 21.8 Å². The molecule has 0 radical (unpaired) electrons. The van der Waals surface area contributed by atoms with E-state index in [0.29, 0.717) is 0 Å². The number of halogens is 1. The Morgan fingerprint density at radius 2 is 2.36 bits per heavy atom. The molecule has 74 valence electrons. The second-order valence-electron chi connectivity index (χ2n) is 3.58. The van der Waals surface area contributed by atoms with Crippen molar-refractivity contribution in [3.05, 3.63) is 28.4 Å². The molecular weight excluding hydrogens is 242 g/mol. The minimum Gasteiger partial charge on any atom is -0.328 e. The zero-order chi connectivity index (χ0) is 10.1. The van der Waals surface area contributed by atoms with E-state index in [1.807, 2.05) is 19.2 Å². The lowest BCUT2D eigenvalue weighted by atomic mass is 10.1. The van der Waals surface area contributed by atoms with E-state index in [-0.39, 0.29) is 6.04 Å².